The predicted molar refractivity (Wildman–Crippen MR) is 59.7 cm³/mol. The smallest absolute Gasteiger partial charge is 0.319 e. The van der Waals surface area contributed by atoms with Crippen LogP contribution in [0.5, 0.6) is 0 Å². The fourth-order valence-electron chi connectivity index (χ4n) is 1.07. The number of amides is 2. The number of halogens is 1. The number of aliphatic hydroxyl groups is 1. The number of hydrogen-bond donors (Lipinski definition) is 3. The fourth-order valence-corrected chi connectivity index (χ4v) is 1.07. The van der Waals surface area contributed by atoms with Crippen molar-refractivity contribution in [3.8, 4) is 0 Å². The van der Waals surface area contributed by atoms with Crippen molar-refractivity contribution < 1.29 is 14.3 Å². The number of benzene rings is 1. The number of carbonyl (C=O) groups excluding carboxylic acids is 1. The van der Waals surface area contributed by atoms with Crippen molar-refractivity contribution in [3.05, 3.63) is 30.1 Å². The number of aliphatic hydroxyl groups excluding tert-OH is 1. The molecule has 1 unspecified atom stereocenters. The molecule has 3 N–H and O–H groups in total. The lowest BCUT2D eigenvalue weighted by Gasteiger charge is -2.10. The van der Waals surface area contributed by atoms with Gasteiger partial charge in [0.1, 0.15) is 5.82 Å². The highest BCUT2D eigenvalue weighted by Gasteiger charge is 2.04. The van der Waals surface area contributed by atoms with E-state index in [-0.39, 0.29) is 12.5 Å². The van der Waals surface area contributed by atoms with Gasteiger partial charge in [0.15, 0.2) is 0 Å². The van der Waals surface area contributed by atoms with Crippen LogP contribution in [0.2, 0.25) is 0 Å². The second-order valence-corrected chi connectivity index (χ2v) is 3.63. The van der Waals surface area contributed by atoms with Crippen molar-refractivity contribution in [2.75, 3.05) is 18.5 Å². The van der Waals surface area contributed by atoms with E-state index in [0.717, 1.165) is 0 Å². The Hall–Kier alpha value is -1.62. The second kappa shape index (κ2) is 6.07. The second-order valence-electron chi connectivity index (χ2n) is 3.63. The molecule has 0 saturated carbocycles. The summed E-state index contributed by atoms with van der Waals surface area (Å²) in [6.45, 7) is 2.19. The first-order chi connectivity index (χ1) is 7.61. The van der Waals surface area contributed by atoms with Crippen molar-refractivity contribution in [3.63, 3.8) is 0 Å². The number of anilines is 1. The molecule has 0 radical (unpaired) electrons. The zero-order valence-corrected chi connectivity index (χ0v) is 9.03. The molecular weight excluding hydrogens is 211 g/mol. The Labute approximate surface area is 93.5 Å². The minimum Gasteiger partial charge on any atom is -0.396 e. The van der Waals surface area contributed by atoms with Gasteiger partial charge in [-0.25, -0.2) is 9.18 Å². The molecule has 2 amide bonds. The van der Waals surface area contributed by atoms with Crippen LogP contribution in [0.1, 0.15) is 6.92 Å². The zero-order valence-electron chi connectivity index (χ0n) is 9.03. The molecule has 0 saturated heterocycles. The Bertz CT molecular complexity index is 358. The van der Waals surface area contributed by atoms with E-state index >= 15 is 0 Å². The number of hydrogen-bond acceptors (Lipinski definition) is 2. The minimum atomic E-state index is -0.411. The molecule has 0 aromatic heterocycles. The van der Waals surface area contributed by atoms with E-state index in [1.807, 2.05) is 6.92 Å². The Morgan fingerprint density at radius 2 is 2.31 bits per heavy atom. The highest BCUT2D eigenvalue weighted by molar-refractivity contribution is 5.89. The van der Waals surface area contributed by atoms with Gasteiger partial charge in [-0.3, -0.25) is 0 Å². The summed E-state index contributed by atoms with van der Waals surface area (Å²) < 4.78 is 12.8. The molecule has 0 aliphatic heterocycles. The van der Waals surface area contributed by atoms with Crippen LogP contribution in [0.25, 0.3) is 0 Å². The average Bonchev–Trinajstić information content (AvgIpc) is 2.26. The molecule has 0 heterocycles. The van der Waals surface area contributed by atoms with Crippen LogP contribution in [-0.2, 0) is 0 Å². The van der Waals surface area contributed by atoms with Crippen molar-refractivity contribution in [1.82, 2.24) is 5.32 Å². The molecule has 0 spiro atoms. The van der Waals surface area contributed by atoms with Crippen molar-refractivity contribution in [1.29, 1.82) is 0 Å². The van der Waals surface area contributed by atoms with Gasteiger partial charge in [0.2, 0.25) is 0 Å². The van der Waals surface area contributed by atoms with E-state index in [0.29, 0.717) is 12.2 Å². The third-order valence-corrected chi connectivity index (χ3v) is 2.01. The van der Waals surface area contributed by atoms with Gasteiger partial charge in [-0.05, 0) is 24.1 Å². The molecule has 0 aliphatic rings. The van der Waals surface area contributed by atoms with Gasteiger partial charge in [0.05, 0.1) is 0 Å². The molecule has 4 nitrogen and oxygen atoms in total. The SMILES string of the molecule is CC(CO)CNC(=O)Nc1cccc(F)c1. The molecule has 88 valence electrons. The summed E-state index contributed by atoms with van der Waals surface area (Å²) in [5.41, 5.74) is 0.397. The molecule has 0 fully saturated rings. The van der Waals surface area contributed by atoms with E-state index in [2.05, 4.69) is 10.6 Å². The predicted octanol–water partition coefficient (Wildman–Crippen LogP) is 1.58. The van der Waals surface area contributed by atoms with Crippen molar-refractivity contribution in [2.45, 2.75) is 6.92 Å². The topological polar surface area (TPSA) is 61.4 Å². The van der Waals surface area contributed by atoms with Crippen LogP contribution < -0.4 is 10.6 Å². The van der Waals surface area contributed by atoms with Gasteiger partial charge < -0.3 is 15.7 Å². The van der Waals surface area contributed by atoms with Gasteiger partial charge in [-0.2, -0.15) is 0 Å². The minimum absolute atomic E-state index is 0.00161. The Kier molecular flexibility index (Phi) is 4.72. The lowest BCUT2D eigenvalue weighted by atomic mass is 10.2. The summed E-state index contributed by atoms with van der Waals surface area (Å²) in [6.07, 6.45) is 0. The average molecular weight is 226 g/mol. The van der Waals surface area contributed by atoms with Crippen LogP contribution in [0.4, 0.5) is 14.9 Å². The lowest BCUT2D eigenvalue weighted by molar-refractivity contribution is 0.227. The summed E-state index contributed by atoms with van der Waals surface area (Å²) in [5, 5.41) is 13.8. The fraction of sp³-hybridized carbons (Fsp3) is 0.364. The van der Waals surface area contributed by atoms with E-state index in [4.69, 9.17) is 5.11 Å². The number of rotatable bonds is 4. The van der Waals surface area contributed by atoms with Gasteiger partial charge in [0, 0.05) is 18.8 Å². The van der Waals surface area contributed by atoms with Crippen LogP contribution in [-0.4, -0.2) is 24.3 Å². The quantitative estimate of drug-likeness (QED) is 0.729. The van der Waals surface area contributed by atoms with Crippen LogP contribution >= 0.6 is 0 Å². The first kappa shape index (κ1) is 12.4. The maximum absolute atomic E-state index is 12.8. The van der Waals surface area contributed by atoms with E-state index in [1.54, 1.807) is 6.07 Å². The first-order valence-electron chi connectivity index (χ1n) is 5.03. The summed E-state index contributed by atoms with van der Waals surface area (Å²) in [7, 11) is 0. The Morgan fingerprint density at radius 3 is 2.94 bits per heavy atom. The molecule has 1 aromatic carbocycles. The monoisotopic (exact) mass is 226 g/mol. The van der Waals surface area contributed by atoms with E-state index in [9.17, 15) is 9.18 Å². The number of carbonyl (C=O) groups is 1. The lowest BCUT2D eigenvalue weighted by Crippen LogP contribution is -2.33. The Balaban J connectivity index is 2.40. The molecular formula is C11H15FN2O2. The van der Waals surface area contributed by atoms with Crippen molar-refractivity contribution >= 4 is 11.7 Å². The summed E-state index contributed by atoms with van der Waals surface area (Å²) in [6, 6.07) is 5.23. The van der Waals surface area contributed by atoms with Gasteiger partial charge in [-0.15, -0.1) is 0 Å². The molecule has 1 aromatic rings. The van der Waals surface area contributed by atoms with Crippen LogP contribution in [0, 0.1) is 11.7 Å². The molecule has 16 heavy (non-hydrogen) atoms. The highest BCUT2D eigenvalue weighted by atomic mass is 19.1. The van der Waals surface area contributed by atoms with Gasteiger partial charge in [-0.1, -0.05) is 13.0 Å². The van der Waals surface area contributed by atoms with Crippen molar-refractivity contribution in [2.24, 2.45) is 5.92 Å². The van der Waals surface area contributed by atoms with E-state index in [1.165, 1.54) is 18.2 Å². The summed E-state index contributed by atoms with van der Waals surface area (Å²) >= 11 is 0. The normalized spacial score (nSPS) is 11.9. The number of urea groups is 1. The maximum atomic E-state index is 12.8. The molecule has 1 atom stereocenters. The summed E-state index contributed by atoms with van der Waals surface area (Å²) in [5.74, 6) is -0.403. The van der Waals surface area contributed by atoms with E-state index < -0.39 is 11.8 Å². The third-order valence-electron chi connectivity index (χ3n) is 2.01. The first-order valence-corrected chi connectivity index (χ1v) is 5.03. The third kappa shape index (κ3) is 4.27. The molecule has 0 bridgehead atoms. The zero-order chi connectivity index (χ0) is 12.0. The van der Waals surface area contributed by atoms with Gasteiger partial charge >= 0.3 is 6.03 Å². The standard InChI is InChI=1S/C11H15FN2O2/c1-8(7-15)6-13-11(16)14-10-4-2-3-9(12)5-10/h2-5,8,15H,6-7H2,1H3,(H2,13,14,16). The Morgan fingerprint density at radius 1 is 1.56 bits per heavy atom. The highest BCUT2D eigenvalue weighted by Crippen LogP contribution is 2.08. The maximum Gasteiger partial charge on any atom is 0.319 e. The van der Waals surface area contributed by atoms with Gasteiger partial charge in [0.25, 0.3) is 0 Å². The largest absolute Gasteiger partial charge is 0.396 e. The summed E-state index contributed by atoms with van der Waals surface area (Å²) in [4.78, 5) is 11.3. The molecule has 1 rings (SSSR count). The molecule has 5 heteroatoms. The number of nitrogens with one attached hydrogen (secondary N) is 2. The molecule has 0 aliphatic carbocycles. The van der Waals surface area contributed by atoms with Crippen LogP contribution in [0.15, 0.2) is 24.3 Å². The van der Waals surface area contributed by atoms with Crippen LogP contribution in [0.3, 0.4) is 0 Å².